The van der Waals surface area contributed by atoms with Crippen LogP contribution in [0.5, 0.6) is 23.0 Å². The van der Waals surface area contributed by atoms with Gasteiger partial charge in [0.25, 0.3) is 0 Å². The number of aromatic hydroxyl groups is 2. The van der Waals surface area contributed by atoms with Crippen molar-refractivity contribution in [1.29, 1.82) is 0 Å². The van der Waals surface area contributed by atoms with E-state index >= 15 is 0 Å². The number of hydrogen-bond donors (Lipinski definition) is 4. The SMILES string of the molecule is CC1=C(c2cccc(O)c2)C(c2ccc(OCCN3CC(CF)C3)cc2)Oc2ccc(O)cc21.O=C(O)C(=O)O. The quantitative estimate of drug-likeness (QED) is 0.311. The Labute approximate surface area is 230 Å². The number of carboxylic acids is 2. The predicted molar refractivity (Wildman–Crippen MR) is 145 cm³/mol. The predicted octanol–water partition coefficient (Wildman–Crippen LogP) is 4.60. The van der Waals surface area contributed by atoms with Crippen molar-refractivity contribution < 1.29 is 43.9 Å². The Morgan fingerprint density at radius 3 is 2.27 bits per heavy atom. The van der Waals surface area contributed by atoms with Crippen LogP contribution in [0.3, 0.4) is 0 Å². The lowest BCUT2D eigenvalue weighted by Crippen LogP contribution is -2.49. The number of carboxylic acid groups (broad SMARTS) is 2. The third kappa shape index (κ3) is 6.70. The molecule has 9 nitrogen and oxygen atoms in total. The van der Waals surface area contributed by atoms with E-state index in [1.165, 1.54) is 0 Å². The molecule has 2 aliphatic rings. The van der Waals surface area contributed by atoms with Gasteiger partial charge in [-0.25, -0.2) is 9.59 Å². The molecule has 0 amide bonds. The van der Waals surface area contributed by atoms with Crippen molar-refractivity contribution in [2.24, 2.45) is 5.92 Å². The Balaban J connectivity index is 0.000000557. The molecule has 1 unspecified atom stereocenters. The third-order valence-electron chi connectivity index (χ3n) is 6.73. The Kier molecular flexibility index (Phi) is 8.90. The number of phenols is 2. The minimum absolute atomic E-state index is 0.176. The zero-order chi connectivity index (χ0) is 28.8. The highest BCUT2D eigenvalue weighted by molar-refractivity contribution is 6.27. The second kappa shape index (κ2) is 12.5. The molecule has 1 atom stereocenters. The van der Waals surface area contributed by atoms with Crippen molar-refractivity contribution in [2.75, 3.05) is 32.9 Å². The van der Waals surface area contributed by atoms with Gasteiger partial charge in [0.15, 0.2) is 0 Å². The number of hydrogen-bond acceptors (Lipinski definition) is 7. The van der Waals surface area contributed by atoms with Crippen molar-refractivity contribution in [3.63, 3.8) is 0 Å². The van der Waals surface area contributed by atoms with Gasteiger partial charge < -0.3 is 29.9 Å². The fourth-order valence-electron chi connectivity index (χ4n) is 4.71. The van der Waals surface area contributed by atoms with Gasteiger partial charge in [0.05, 0.1) is 6.67 Å². The van der Waals surface area contributed by atoms with Crippen LogP contribution < -0.4 is 9.47 Å². The summed E-state index contributed by atoms with van der Waals surface area (Å²) in [6.07, 6.45) is -0.383. The van der Waals surface area contributed by atoms with Crippen molar-refractivity contribution in [3.8, 4) is 23.0 Å². The van der Waals surface area contributed by atoms with Crippen LogP contribution in [-0.4, -0.2) is 70.2 Å². The van der Waals surface area contributed by atoms with Crippen molar-refractivity contribution >= 4 is 23.1 Å². The molecule has 5 rings (SSSR count). The molecule has 0 bridgehead atoms. The molecule has 40 heavy (non-hydrogen) atoms. The van der Waals surface area contributed by atoms with Crippen LogP contribution in [0, 0.1) is 5.92 Å². The number of rotatable bonds is 7. The smallest absolute Gasteiger partial charge is 0.414 e. The summed E-state index contributed by atoms with van der Waals surface area (Å²) in [4.78, 5) is 20.4. The van der Waals surface area contributed by atoms with Crippen LogP contribution >= 0.6 is 0 Å². The number of phenolic OH excluding ortho intramolecular Hbond substituents is 2. The molecular formula is C30H30FNO8. The fourth-order valence-corrected chi connectivity index (χ4v) is 4.71. The number of nitrogens with zero attached hydrogens (tertiary/aromatic N) is 1. The topological polar surface area (TPSA) is 137 Å². The number of aliphatic carboxylic acids is 2. The van der Waals surface area contributed by atoms with Gasteiger partial charge in [-0.1, -0.05) is 24.3 Å². The van der Waals surface area contributed by atoms with Crippen molar-refractivity contribution in [3.05, 3.63) is 83.4 Å². The number of fused-ring (bicyclic) bond motifs is 1. The second-order valence-corrected chi connectivity index (χ2v) is 9.58. The molecule has 0 spiro atoms. The molecule has 2 aliphatic heterocycles. The first-order chi connectivity index (χ1) is 19.2. The molecule has 0 aromatic heterocycles. The summed E-state index contributed by atoms with van der Waals surface area (Å²) in [6, 6.07) is 20.1. The van der Waals surface area contributed by atoms with E-state index in [9.17, 15) is 14.6 Å². The number of ether oxygens (including phenoxy) is 2. The highest BCUT2D eigenvalue weighted by Gasteiger charge is 2.30. The Morgan fingerprint density at radius 1 is 0.975 bits per heavy atom. The zero-order valence-electron chi connectivity index (χ0n) is 21.8. The molecular weight excluding hydrogens is 521 g/mol. The van der Waals surface area contributed by atoms with E-state index < -0.39 is 11.9 Å². The second-order valence-electron chi connectivity index (χ2n) is 9.58. The summed E-state index contributed by atoms with van der Waals surface area (Å²) in [5.74, 6) is -1.64. The number of allylic oxidation sites excluding steroid dienone is 1. The van der Waals surface area contributed by atoms with Gasteiger partial charge in [-0.15, -0.1) is 0 Å². The Morgan fingerprint density at radius 2 is 1.65 bits per heavy atom. The Hall–Kier alpha value is -4.57. The van der Waals surface area contributed by atoms with Crippen LogP contribution in [0.2, 0.25) is 0 Å². The first-order valence-electron chi connectivity index (χ1n) is 12.6. The normalized spacial score (nSPS) is 16.6. The van der Waals surface area contributed by atoms with Gasteiger partial charge in [0.2, 0.25) is 0 Å². The zero-order valence-corrected chi connectivity index (χ0v) is 21.8. The molecule has 3 aromatic carbocycles. The summed E-state index contributed by atoms with van der Waals surface area (Å²) in [6.45, 7) is 4.72. The summed E-state index contributed by atoms with van der Waals surface area (Å²) in [7, 11) is 0. The average Bonchev–Trinajstić information content (AvgIpc) is 2.91. The molecule has 1 saturated heterocycles. The van der Waals surface area contributed by atoms with E-state index in [0.717, 1.165) is 53.2 Å². The van der Waals surface area contributed by atoms with E-state index in [4.69, 9.17) is 29.3 Å². The monoisotopic (exact) mass is 551 g/mol. The first-order valence-corrected chi connectivity index (χ1v) is 12.6. The number of likely N-dealkylation sites (tertiary alicyclic amines) is 1. The molecule has 2 heterocycles. The van der Waals surface area contributed by atoms with E-state index in [-0.39, 0.29) is 30.2 Å². The summed E-state index contributed by atoms with van der Waals surface area (Å²) in [5.41, 5.74) is 4.56. The molecule has 1 fully saturated rings. The molecule has 0 radical (unpaired) electrons. The maximum atomic E-state index is 12.6. The maximum Gasteiger partial charge on any atom is 0.414 e. The van der Waals surface area contributed by atoms with Gasteiger partial charge in [0.1, 0.15) is 35.7 Å². The van der Waals surface area contributed by atoms with Gasteiger partial charge in [0, 0.05) is 36.7 Å². The standard InChI is InChI=1S/C28H28FNO4.C2H2O4/c1-18-25-14-23(32)7-10-26(25)34-28(27(18)21-3-2-4-22(31)13-21)20-5-8-24(9-6-20)33-12-11-30-16-19(15-29)17-30;3-1(4)2(5)6/h2-10,13-14,19,28,31-32H,11-12,15-17H2,1H3;(H,3,4)(H,5,6). The van der Waals surface area contributed by atoms with Crippen LogP contribution in [-0.2, 0) is 9.59 Å². The average molecular weight is 552 g/mol. The number of alkyl halides is 1. The molecule has 10 heteroatoms. The summed E-state index contributed by atoms with van der Waals surface area (Å²) < 4.78 is 24.9. The van der Waals surface area contributed by atoms with Gasteiger partial charge >= 0.3 is 11.9 Å². The van der Waals surface area contributed by atoms with E-state index in [1.807, 2.05) is 43.3 Å². The lowest BCUT2D eigenvalue weighted by molar-refractivity contribution is -0.159. The van der Waals surface area contributed by atoms with Gasteiger partial charge in [-0.05, 0) is 66.1 Å². The molecule has 0 saturated carbocycles. The highest BCUT2D eigenvalue weighted by Crippen LogP contribution is 2.47. The third-order valence-corrected chi connectivity index (χ3v) is 6.73. The summed E-state index contributed by atoms with van der Waals surface area (Å²) in [5, 5.41) is 34.9. The Bertz CT molecular complexity index is 1390. The maximum absolute atomic E-state index is 12.6. The number of halogens is 1. The molecule has 0 aliphatic carbocycles. The lowest BCUT2D eigenvalue weighted by atomic mass is 9.86. The minimum Gasteiger partial charge on any atom is -0.508 e. The molecule has 4 N–H and O–H groups in total. The van der Waals surface area contributed by atoms with Crippen molar-refractivity contribution in [1.82, 2.24) is 4.90 Å². The number of benzene rings is 3. The van der Waals surface area contributed by atoms with E-state index in [2.05, 4.69) is 4.90 Å². The first kappa shape index (κ1) is 28.4. The largest absolute Gasteiger partial charge is 0.508 e. The van der Waals surface area contributed by atoms with Gasteiger partial charge in [-0.3, -0.25) is 9.29 Å². The minimum atomic E-state index is -1.82. The van der Waals surface area contributed by atoms with Crippen LogP contribution in [0.25, 0.3) is 11.1 Å². The number of carbonyl (C=O) groups is 2. The van der Waals surface area contributed by atoms with Crippen LogP contribution in [0.4, 0.5) is 4.39 Å². The van der Waals surface area contributed by atoms with Crippen LogP contribution in [0.1, 0.15) is 29.7 Å². The van der Waals surface area contributed by atoms with E-state index in [1.54, 1.807) is 30.3 Å². The van der Waals surface area contributed by atoms with Gasteiger partial charge in [-0.2, -0.15) is 0 Å². The van der Waals surface area contributed by atoms with Crippen molar-refractivity contribution in [2.45, 2.75) is 13.0 Å². The molecule has 3 aromatic rings. The highest BCUT2D eigenvalue weighted by atomic mass is 19.1. The summed E-state index contributed by atoms with van der Waals surface area (Å²) >= 11 is 0. The fraction of sp³-hybridized carbons (Fsp3) is 0.267. The van der Waals surface area contributed by atoms with E-state index in [0.29, 0.717) is 12.4 Å². The lowest BCUT2D eigenvalue weighted by Gasteiger charge is -2.37. The van der Waals surface area contributed by atoms with Crippen LogP contribution in [0.15, 0.2) is 66.7 Å². The molecule has 210 valence electrons.